The van der Waals surface area contributed by atoms with Gasteiger partial charge in [-0.25, -0.2) is 5.43 Å². The Bertz CT molecular complexity index is 641. The lowest BCUT2D eigenvalue weighted by atomic mass is 9.81. The van der Waals surface area contributed by atoms with Crippen molar-refractivity contribution in [1.82, 2.24) is 30.7 Å². The summed E-state index contributed by atoms with van der Waals surface area (Å²) in [6.07, 6.45) is 11.6. The summed E-state index contributed by atoms with van der Waals surface area (Å²) < 4.78 is 1.95. The van der Waals surface area contributed by atoms with Crippen molar-refractivity contribution in [3.8, 4) is 0 Å². The molecule has 4 aliphatic rings. The Labute approximate surface area is 148 Å². The van der Waals surface area contributed by atoms with Gasteiger partial charge in [-0.05, 0) is 38.5 Å². The van der Waals surface area contributed by atoms with Crippen molar-refractivity contribution >= 4 is 5.91 Å². The molecule has 7 nitrogen and oxygen atoms in total. The third-order valence-corrected chi connectivity index (χ3v) is 6.55. The molecular formula is C18H28N6O. The number of aromatic nitrogens is 3. The van der Waals surface area contributed by atoms with Crippen molar-refractivity contribution in [2.75, 3.05) is 6.54 Å². The van der Waals surface area contributed by atoms with Gasteiger partial charge in [0.1, 0.15) is 6.04 Å². The number of hydrogen-bond donors (Lipinski definition) is 2. The van der Waals surface area contributed by atoms with Crippen molar-refractivity contribution in [2.45, 2.75) is 82.0 Å². The van der Waals surface area contributed by atoms with Crippen LogP contribution >= 0.6 is 0 Å². The van der Waals surface area contributed by atoms with Gasteiger partial charge < -0.3 is 4.90 Å². The molecule has 2 saturated heterocycles. The lowest BCUT2D eigenvalue weighted by Gasteiger charge is -2.31. The van der Waals surface area contributed by atoms with Gasteiger partial charge in [0.25, 0.3) is 0 Å². The van der Waals surface area contributed by atoms with Crippen molar-refractivity contribution < 1.29 is 4.79 Å². The van der Waals surface area contributed by atoms with E-state index in [1.807, 2.05) is 4.68 Å². The van der Waals surface area contributed by atoms with Crippen LogP contribution in [0.1, 0.15) is 63.0 Å². The molecule has 1 amide bonds. The minimum absolute atomic E-state index is 0.0522. The van der Waals surface area contributed by atoms with Crippen LogP contribution in [-0.4, -0.2) is 50.5 Å². The van der Waals surface area contributed by atoms with Gasteiger partial charge >= 0.3 is 0 Å². The molecule has 136 valence electrons. The second-order valence-corrected chi connectivity index (χ2v) is 8.29. The largest absolute Gasteiger partial charge is 0.336 e. The van der Waals surface area contributed by atoms with Crippen molar-refractivity contribution in [3.63, 3.8) is 0 Å². The van der Waals surface area contributed by atoms with E-state index in [-0.39, 0.29) is 18.0 Å². The molecule has 0 aromatic carbocycles. The van der Waals surface area contributed by atoms with E-state index in [4.69, 9.17) is 0 Å². The summed E-state index contributed by atoms with van der Waals surface area (Å²) in [6.45, 7) is 1.66. The van der Waals surface area contributed by atoms with E-state index in [1.165, 1.54) is 32.1 Å². The highest BCUT2D eigenvalue weighted by molar-refractivity contribution is 5.83. The lowest BCUT2D eigenvalue weighted by Crippen LogP contribution is -2.50. The van der Waals surface area contributed by atoms with Crippen LogP contribution in [0.4, 0.5) is 0 Å². The molecule has 4 atom stereocenters. The van der Waals surface area contributed by atoms with Crippen LogP contribution in [-0.2, 0) is 11.3 Å². The zero-order valence-corrected chi connectivity index (χ0v) is 14.7. The maximum Gasteiger partial charge on any atom is 0.241 e. The zero-order chi connectivity index (χ0) is 16.8. The Morgan fingerprint density at radius 3 is 2.88 bits per heavy atom. The number of likely N-dealkylation sites (tertiary alicyclic amines) is 1. The topological polar surface area (TPSA) is 75.1 Å². The fourth-order valence-electron chi connectivity index (χ4n) is 4.97. The third kappa shape index (κ3) is 2.97. The molecule has 4 fully saturated rings. The van der Waals surface area contributed by atoms with E-state index in [1.54, 1.807) is 0 Å². The van der Waals surface area contributed by atoms with Gasteiger partial charge in [-0.2, -0.15) is 0 Å². The molecule has 3 heterocycles. The quantitative estimate of drug-likeness (QED) is 0.858. The minimum atomic E-state index is -0.0522. The number of rotatable bonds is 4. The number of amides is 1. The highest BCUT2D eigenvalue weighted by Crippen LogP contribution is 2.38. The molecule has 0 bridgehead atoms. The SMILES string of the molecule is O=C(C1NNC2CCCCC21)N1CCC[C@H]1Cn1cc(C2CC2)nn1. The van der Waals surface area contributed by atoms with E-state index in [0.29, 0.717) is 17.9 Å². The van der Waals surface area contributed by atoms with Gasteiger partial charge in [-0.15, -0.1) is 5.10 Å². The maximum atomic E-state index is 13.2. The molecule has 2 N–H and O–H groups in total. The van der Waals surface area contributed by atoms with Gasteiger partial charge in [0.05, 0.1) is 18.3 Å². The third-order valence-electron chi connectivity index (χ3n) is 6.55. The van der Waals surface area contributed by atoms with Crippen molar-refractivity contribution in [2.24, 2.45) is 5.92 Å². The van der Waals surface area contributed by atoms with Crippen LogP contribution in [0.5, 0.6) is 0 Å². The molecule has 25 heavy (non-hydrogen) atoms. The first-order valence-electron chi connectivity index (χ1n) is 10.0. The number of nitrogens with one attached hydrogen (secondary N) is 2. The van der Waals surface area contributed by atoms with E-state index in [9.17, 15) is 4.79 Å². The Morgan fingerprint density at radius 1 is 1.12 bits per heavy atom. The molecule has 0 spiro atoms. The van der Waals surface area contributed by atoms with Crippen molar-refractivity contribution in [3.05, 3.63) is 11.9 Å². The predicted octanol–water partition coefficient (Wildman–Crippen LogP) is 1.18. The van der Waals surface area contributed by atoms with Gasteiger partial charge in [0.15, 0.2) is 0 Å². The van der Waals surface area contributed by atoms with Crippen LogP contribution < -0.4 is 10.9 Å². The molecule has 1 aromatic heterocycles. The Morgan fingerprint density at radius 2 is 2.00 bits per heavy atom. The molecule has 2 aliphatic carbocycles. The first kappa shape index (κ1) is 15.8. The molecule has 2 aliphatic heterocycles. The Kier molecular flexibility index (Phi) is 4.01. The first-order chi connectivity index (χ1) is 12.3. The first-order valence-corrected chi connectivity index (χ1v) is 10.0. The fourth-order valence-corrected chi connectivity index (χ4v) is 4.97. The van der Waals surface area contributed by atoms with Gasteiger partial charge in [0.2, 0.25) is 5.91 Å². The maximum absolute atomic E-state index is 13.2. The summed E-state index contributed by atoms with van der Waals surface area (Å²) in [4.78, 5) is 15.3. The number of carbonyl (C=O) groups excluding carboxylic acids is 1. The molecule has 2 saturated carbocycles. The van der Waals surface area contributed by atoms with Gasteiger partial charge in [0, 0.05) is 30.6 Å². The number of carbonyl (C=O) groups is 1. The normalized spacial score (nSPS) is 35.1. The van der Waals surface area contributed by atoms with E-state index in [2.05, 4.69) is 32.3 Å². The monoisotopic (exact) mass is 344 g/mol. The lowest BCUT2D eigenvalue weighted by molar-refractivity contribution is -0.135. The molecule has 5 rings (SSSR count). The van der Waals surface area contributed by atoms with Crippen LogP contribution in [0, 0.1) is 5.92 Å². The highest BCUT2D eigenvalue weighted by Gasteiger charge is 2.44. The van der Waals surface area contributed by atoms with Crippen molar-refractivity contribution in [1.29, 1.82) is 0 Å². The van der Waals surface area contributed by atoms with Crippen LogP contribution in [0.3, 0.4) is 0 Å². The van der Waals surface area contributed by atoms with Crippen LogP contribution in [0.15, 0.2) is 6.20 Å². The number of hydrogen-bond acceptors (Lipinski definition) is 5. The molecule has 1 aromatic rings. The predicted molar refractivity (Wildman–Crippen MR) is 92.5 cm³/mol. The molecule has 0 radical (unpaired) electrons. The van der Waals surface area contributed by atoms with E-state index >= 15 is 0 Å². The summed E-state index contributed by atoms with van der Waals surface area (Å²) in [5.41, 5.74) is 7.81. The minimum Gasteiger partial charge on any atom is -0.336 e. The van der Waals surface area contributed by atoms with Gasteiger partial charge in [-0.3, -0.25) is 14.9 Å². The Hall–Kier alpha value is -1.47. The fraction of sp³-hybridized carbons (Fsp3) is 0.833. The number of nitrogens with zero attached hydrogens (tertiary/aromatic N) is 4. The van der Waals surface area contributed by atoms with E-state index in [0.717, 1.165) is 38.0 Å². The average Bonchev–Trinajstić information content (AvgIpc) is 3.05. The Balaban J connectivity index is 1.26. The summed E-state index contributed by atoms with van der Waals surface area (Å²) >= 11 is 0. The second kappa shape index (κ2) is 6.36. The molecular weight excluding hydrogens is 316 g/mol. The smallest absolute Gasteiger partial charge is 0.241 e. The molecule has 3 unspecified atom stereocenters. The number of hydrazine groups is 1. The number of fused-ring (bicyclic) bond motifs is 1. The standard InChI is InChI=1S/C18H28N6O/c25-18(17-14-5-1-2-6-15(14)19-21-17)24-9-3-4-13(24)10-23-11-16(20-22-23)12-7-8-12/h11-15,17,19,21H,1-10H2/t13-,14?,15?,17?/m0/s1. The van der Waals surface area contributed by atoms with Gasteiger partial charge in [-0.1, -0.05) is 18.1 Å². The summed E-state index contributed by atoms with van der Waals surface area (Å²) in [5, 5.41) is 8.61. The zero-order valence-electron chi connectivity index (χ0n) is 14.7. The summed E-state index contributed by atoms with van der Waals surface area (Å²) in [7, 11) is 0. The average molecular weight is 344 g/mol. The summed E-state index contributed by atoms with van der Waals surface area (Å²) in [5.74, 6) is 1.37. The highest BCUT2D eigenvalue weighted by atomic mass is 16.2. The van der Waals surface area contributed by atoms with Crippen LogP contribution in [0.25, 0.3) is 0 Å². The second-order valence-electron chi connectivity index (χ2n) is 8.29. The molecule has 7 heteroatoms. The van der Waals surface area contributed by atoms with E-state index < -0.39 is 0 Å². The summed E-state index contributed by atoms with van der Waals surface area (Å²) in [6, 6.07) is 0.675. The van der Waals surface area contributed by atoms with Crippen LogP contribution in [0.2, 0.25) is 0 Å².